The summed E-state index contributed by atoms with van der Waals surface area (Å²) in [5, 5.41) is 0. The van der Waals surface area contributed by atoms with Gasteiger partial charge in [0.2, 0.25) is 5.91 Å². The lowest BCUT2D eigenvalue weighted by Crippen LogP contribution is -2.36. The number of carbonyl (C=O) groups excluding carboxylic acids is 1. The third-order valence-corrected chi connectivity index (χ3v) is 4.28. The van der Waals surface area contributed by atoms with E-state index in [-0.39, 0.29) is 18.0 Å². The molecule has 0 aromatic carbocycles. The van der Waals surface area contributed by atoms with Gasteiger partial charge in [0.25, 0.3) is 0 Å². The quantitative estimate of drug-likeness (QED) is 0.898. The zero-order chi connectivity index (χ0) is 13.2. The van der Waals surface area contributed by atoms with E-state index in [1.54, 1.807) is 6.20 Å². The zero-order valence-corrected chi connectivity index (χ0v) is 11.2. The molecule has 1 aromatic heterocycles. The van der Waals surface area contributed by atoms with E-state index in [0.717, 1.165) is 24.9 Å². The summed E-state index contributed by atoms with van der Waals surface area (Å²) >= 11 is 0. The van der Waals surface area contributed by atoms with Crippen LogP contribution in [0.1, 0.15) is 43.7 Å². The predicted molar refractivity (Wildman–Crippen MR) is 73.2 cm³/mol. The van der Waals surface area contributed by atoms with E-state index in [1.807, 2.05) is 17.2 Å². The molecule has 2 fully saturated rings. The van der Waals surface area contributed by atoms with Crippen LogP contribution in [0.3, 0.4) is 0 Å². The maximum atomic E-state index is 12.4. The van der Waals surface area contributed by atoms with Gasteiger partial charge in [0.05, 0.1) is 6.04 Å². The number of pyridine rings is 1. The minimum Gasteiger partial charge on any atom is -0.336 e. The maximum absolute atomic E-state index is 12.4. The van der Waals surface area contributed by atoms with Crippen molar-refractivity contribution in [2.45, 2.75) is 44.2 Å². The molecule has 102 valence electrons. The predicted octanol–water partition coefficient (Wildman–Crippen LogP) is 1.87. The van der Waals surface area contributed by atoms with Gasteiger partial charge in [-0.05, 0) is 43.2 Å². The van der Waals surface area contributed by atoms with Crippen molar-refractivity contribution >= 4 is 5.91 Å². The Hall–Kier alpha value is -1.42. The number of carbonyl (C=O) groups is 1. The van der Waals surface area contributed by atoms with Crippen molar-refractivity contribution in [2.24, 2.45) is 11.7 Å². The maximum Gasteiger partial charge on any atom is 0.224 e. The minimum absolute atomic E-state index is 0.0580. The molecular weight excluding hydrogens is 238 g/mol. The average molecular weight is 259 g/mol. The fourth-order valence-corrected chi connectivity index (χ4v) is 2.99. The Bertz CT molecular complexity index is 444. The van der Waals surface area contributed by atoms with E-state index in [9.17, 15) is 4.79 Å². The highest BCUT2D eigenvalue weighted by Crippen LogP contribution is 2.35. The fourth-order valence-electron chi connectivity index (χ4n) is 2.99. The van der Waals surface area contributed by atoms with Gasteiger partial charge in [0.15, 0.2) is 0 Å². The first-order valence-corrected chi connectivity index (χ1v) is 7.20. The van der Waals surface area contributed by atoms with Crippen LogP contribution in [0.25, 0.3) is 0 Å². The molecule has 2 atom stereocenters. The van der Waals surface area contributed by atoms with Crippen LogP contribution in [-0.4, -0.2) is 28.4 Å². The van der Waals surface area contributed by atoms with Gasteiger partial charge in [-0.25, -0.2) is 0 Å². The summed E-state index contributed by atoms with van der Waals surface area (Å²) in [4.78, 5) is 18.6. The van der Waals surface area contributed by atoms with Crippen LogP contribution in [0, 0.1) is 5.92 Å². The second-order valence-corrected chi connectivity index (χ2v) is 5.74. The summed E-state index contributed by atoms with van der Waals surface area (Å²) in [5.74, 6) is 0.800. The molecule has 0 radical (unpaired) electrons. The standard InChI is InChI=1S/C15H21N3O/c16-13(11-5-6-11)9-15(19)18-8-2-4-14(18)12-3-1-7-17-10-12/h1,3,7,10-11,13-14H,2,4-6,8-9,16H2. The van der Waals surface area contributed by atoms with Gasteiger partial charge in [-0.3, -0.25) is 9.78 Å². The lowest BCUT2D eigenvalue weighted by atomic mass is 10.1. The van der Waals surface area contributed by atoms with Crippen molar-refractivity contribution in [1.29, 1.82) is 0 Å². The van der Waals surface area contributed by atoms with Gasteiger partial charge in [-0.2, -0.15) is 0 Å². The number of likely N-dealkylation sites (tertiary alicyclic amines) is 1. The number of aromatic nitrogens is 1. The highest BCUT2D eigenvalue weighted by Gasteiger charge is 2.34. The second-order valence-electron chi connectivity index (χ2n) is 5.74. The Morgan fingerprint density at radius 2 is 2.32 bits per heavy atom. The van der Waals surface area contributed by atoms with Crippen LogP contribution < -0.4 is 5.73 Å². The third-order valence-electron chi connectivity index (χ3n) is 4.28. The van der Waals surface area contributed by atoms with Gasteiger partial charge in [0.1, 0.15) is 0 Å². The number of hydrogen-bond donors (Lipinski definition) is 1. The molecule has 4 nitrogen and oxygen atoms in total. The van der Waals surface area contributed by atoms with Crippen LogP contribution >= 0.6 is 0 Å². The molecule has 3 rings (SSSR count). The summed E-state index contributed by atoms with van der Waals surface area (Å²) in [6.07, 6.45) is 8.65. The van der Waals surface area contributed by atoms with Gasteiger partial charge in [0, 0.05) is 31.4 Å². The van der Waals surface area contributed by atoms with Crippen molar-refractivity contribution < 1.29 is 4.79 Å². The molecule has 4 heteroatoms. The van der Waals surface area contributed by atoms with E-state index >= 15 is 0 Å². The molecule has 1 aliphatic heterocycles. The topological polar surface area (TPSA) is 59.2 Å². The van der Waals surface area contributed by atoms with Gasteiger partial charge in [-0.15, -0.1) is 0 Å². The monoisotopic (exact) mass is 259 g/mol. The Kier molecular flexibility index (Phi) is 3.51. The molecule has 1 aromatic rings. The molecule has 1 saturated carbocycles. The first kappa shape index (κ1) is 12.6. The first-order valence-electron chi connectivity index (χ1n) is 7.20. The molecular formula is C15H21N3O. The molecule has 2 N–H and O–H groups in total. The lowest BCUT2D eigenvalue weighted by Gasteiger charge is -2.26. The molecule has 1 amide bonds. The van der Waals surface area contributed by atoms with E-state index in [0.29, 0.717) is 12.3 Å². The van der Waals surface area contributed by atoms with E-state index < -0.39 is 0 Å². The molecule has 0 spiro atoms. The number of rotatable bonds is 4. The van der Waals surface area contributed by atoms with Gasteiger partial charge >= 0.3 is 0 Å². The Morgan fingerprint density at radius 1 is 1.47 bits per heavy atom. The van der Waals surface area contributed by atoms with Crippen LogP contribution in [0.15, 0.2) is 24.5 Å². The Morgan fingerprint density at radius 3 is 3.00 bits per heavy atom. The SMILES string of the molecule is NC(CC(=O)N1CCCC1c1cccnc1)C1CC1. The Balaban J connectivity index is 1.67. The van der Waals surface area contributed by atoms with Crippen LogP contribution in [0.2, 0.25) is 0 Å². The summed E-state index contributed by atoms with van der Waals surface area (Å²) in [6.45, 7) is 0.857. The van der Waals surface area contributed by atoms with Crippen molar-refractivity contribution in [1.82, 2.24) is 9.88 Å². The molecule has 19 heavy (non-hydrogen) atoms. The summed E-state index contributed by atoms with van der Waals surface area (Å²) in [5.41, 5.74) is 7.22. The van der Waals surface area contributed by atoms with Crippen LogP contribution in [-0.2, 0) is 4.79 Å². The highest BCUT2D eigenvalue weighted by molar-refractivity contribution is 5.77. The molecule has 0 bridgehead atoms. The minimum atomic E-state index is 0.0580. The highest BCUT2D eigenvalue weighted by atomic mass is 16.2. The molecule has 2 aliphatic rings. The van der Waals surface area contributed by atoms with Crippen LogP contribution in [0.5, 0.6) is 0 Å². The van der Waals surface area contributed by atoms with Gasteiger partial charge < -0.3 is 10.6 Å². The van der Waals surface area contributed by atoms with Crippen LogP contribution in [0.4, 0.5) is 0 Å². The first-order chi connectivity index (χ1) is 9.25. The van der Waals surface area contributed by atoms with Crippen molar-refractivity contribution in [3.05, 3.63) is 30.1 Å². The number of hydrogen-bond acceptors (Lipinski definition) is 3. The number of amides is 1. The molecule has 2 unspecified atom stereocenters. The van der Waals surface area contributed by atoms with Crippen molar-refractivity contribution in [2.75, 3.05) is 6.54 Å². The third kappa shape index (κ3) is 2.78. The molecule has 1 aliphatic carbocycles. The summed E-state index contributed by atoms with van der Waals surface area (Å²) in [7, 11) is 0. The zero-order valence-electron chi connectivity index (χ0n) is 11.2. The summed E-state index contributed by atoms with van der Waals surface area (Å²) < 4.78 is 0. The summed E-state index contributed by atoms with van der Waals surface area (Å²) in [6, 6.07) is 4.26. The fraction of sp³-hybridized carbons (Fsp3) is 0.600. The van der Waals surface area contributed by atoms with E-state index in [1.165, 1.54) is 12.8 Å². The lowest BCUT2D eigenvalue weighted by molar-refractivity contribution is -0.132. The number of nitrogens with two attached hydrogens (primary N) is 1. The number of nitrogens with zero attached hydrogens (tertiary/aromatic N) is 2. The van der Waals surface area contributed by atoms with Crippen molar-refractivity contribution in [3.8, 4) is 0 Å². The molecule has 2 heterocycles. The van der Waals surface area contributed by atoms with Crippen molar-refractivity contribution in [3.63, 3.8) is 0 Å². The Labute approximate surface area is 114 Å². The van der Waals surface area contributed by atoms with E-state index in [2.05, 4.69) is 11.1 Å². The largest absolute Gasteiger partial charge is 0.336 e. The van der Waals surface area contributed by atoms with Gasteiger partial charge in [-0.1, -0.05) is 6.07 Å². The second kappa shape index (κ2) is 5.29. The van der Waals surface area contributed by atoms with E-state index in [4.69, 9.17) is 5.73 Å². The normalized spacial score (nSPS) is 24.5. The smallest absolute Gasteiger partial charge is 0.224 e. The molecule has 1 saturated heterocycles. The average Bonchev–Trinajstić information content (AvgIpc) is 3.17.